The molecule has 0 bridgehead atoms. The minimum atomic E-state index is 0.765. The molecule has 2 fully saturated rings. The molecule has 3 heterocycles. The van der Waals surface area contributed by atoms with Crippen LogP contribution in [0.15, 0.2) is 12.1 Å². The smallest absolute Gasteiger partial charge is 0.0653 e. The van der Waals surface area contributed by atoms with Gasteiger partial charge in [0, 0.05) is 38.8 Å². The first-order valence-electron chi connectivity index (χ1n) is 9.30. The van der Waals surface area contributed by atoms with Gasteiger partial charge in [-0.05, 0) is 42.7 Å². The van der Waals surface area contributed by atoms with E-state index in [0.717, 1.165) is 25.0 Å². The van der Waals surface area contributed by atoms with Crippen LogP contribution in [0.5, 0.6) is 0 Å². The lowest BCUT2D eigenvalue weighted by Crippen LogP contribution is -2.47. The third-order valence-corrected chi connectivity index (χ3v) is 6.35. The van der Waals surface area contributed by atoms with E-state index >= 15 is 0 Å². The van der Waals surface area contributed by atoms with Gasteiger partial charge in [0.15, 0.2) is 0 Å². The van der Waals surface area contributed by atoms with Crippen LogP contribution in [0.25, 0.3) is 0 Å². The van der Waals surface area contributed by atoms with Crippen LogP contribution < -0.4 is 15.1 Å². The van der Waals surface area contributed by atoms with Crippen molar-refractivity contribution in [1.82, 2.24) is 5.32 Å². The monoisotopic (exact) mass is 297 g/mol. The van der Waals surface area contributed by atoms with Crippen molar-refractivity contribution in [2.75, 3.05) is 36.0 Å². The van der Waals surface area contributed by atoms with Crippen molar-refractivity contribution in [3.63, 3.8) is 0 Å². The fourth-order valence-electron chi connectivity index (χ4n) is 5.31. The molecule has 1 atom stereocenters. The molecule has 22 heavy (non-hydrogen) atoms. The Morgan fingerprint density at radius 1 is 0.955 bits per heavy atom. The number of anilines is 2. The maximum Gasteiger partial charge on any atom is 0.0653 e. The van der Waals surface area contributed by atoms with E-state index in [1.807, 2.05) is 0 Å². The second kappa shape index (κ2) is 5.16. The summed E-state index contributed by atoms with van der Waals surface area (Å²) in [5, 5.41) is 3.62. The molecule has 3 nitrogen and oxygen atoms in total. The van der Waals surface area contributed by atoms with Gasteiger partial charge in [-0.15, -0.1) is 0 Å². The van der Waals surface area contributed by atoms with Crippen molar-refractivity contribution in [3.05, 3.63) is 23.3 Å². The summed E-state index contributed by atoms with van der Waals surface area (Å²) in [5.74, 6) is 0.817. The van der Waals surface area contributed by atoms with E-state index in [1.165, 1.54) is 63.7 Å². The highest BCUT2D eigenvalue weighted by Crippen LogP contribution is 2.49. The summed E-state index contributed by atoms with van der Waals surface area (Å²) in [5.41, 5.74) is 6.43. The van der Waals surface area contributed by atoms with Crippen LogP contribution in [0.4, 0.5) is 11.4 Å². The molecule has 1 saturated carbocycles. The van der Waals surface area contributed by atoms with Crippen molar-refractivity contribution in [1.29, 1.82) is 0 Å². The molecule has 118 valence electrons. The Kier molecular flexibility index (Phi) is 3.10. The van der Waals surface area contributed by atoms with Gasteiger partial charge in [-0.3, -0.25) is 0 Å². The molecule has 1 aliphatic carbocycles. The Bertz CT molecular complexity index is 576. The maximum absolute atomic E-state index is 3.62. The number of nitrogens with zero attached hydrogens (tertiary/aromatic N) is 2. The molecule has 0 aromatic heterocycles. The molecule has 4 aliphatic rings. The summed E-state index contributed by atoms with van der Waals surface area (Å²) >= 11 is 0. The molecular formula is C19H27N3. The quantitative estimate of drug-likeness (QED) is 0.858. The molecule has 0 spiro atoms. The minimum Gasteiger partial charge on any atom is -0.366 e. The summed E-state index contributed by atoms with van der Waals surface area (Å²) < 4.78 is 0. The Balaban J connectivity index is 1.69. The van der Waals surface area contributed by atoms with Gasteiger partial charge < -0.3 is 15.1 Å². The fraction of sp³-hybridized carbons (Fsp3) is 0.684. The minimum absolute atomic E-state index is 0.765. The first kappa shape index (κ1) is 13.2. The van der Waals surface area contributed by atoms with Gasteiger partial charge in [0.25, 0.3) is 0 Å². The van der Waals surface area contributed by atoms with E-state index in [1.54, 1.807) is 16.9 Å². The van der Waals surface area contributed by atoms with Crippen LogP contribution in [-0.2, 0) is 6.54 Å². The van der Waals surface area contributed by atoms with E-state index < -0.39 is 0 Å². The lowest BCUT2D eigenvalue weighted by atomic mass is 9.90. The van der Waals surface area contributed by atoms with E-state index in [2.05, 4.69) is 27.2 Å². The first-order chi connectivity index (χ1) is 10.9. The molecule has 3 heteroatoms. The summed E-state index contributed by atoms with van der Waals surface area (Å²) in [6.07, 6.45) is 8.43. The van der Waals surface area contributed by atoms with Crippen molar-refractivity contribution in [2.24, 2.45) is 0 Å². The molecule has 1 aromatic carbocycles. The molecular weight excluding hydrogens is 270 g/mol. The lowest BCUT2D eigenvalue weighted by Gasteiger charge is -2.43. The van der Waals surface area contributed by atoms with Gasteiger partial charge in [-0.2, -0.15) is 0 Å². The topological polar surface area (TPSA) is 18.5 Å². The summed E-state index contributed by atoms with van der Waals surface area (Å²) in [4.78, 5) is 5.49. The predicted octanol–water partition coefficient (Wildman–Crippen LogP) is 3.24. The number of benzene rings is 1. The molecule has 1 unspecified atom stereocenters. The van der Waals surface area contributed by atoms with Crippen molar-refractivity contribution in [2.45, 2.75) is 57.0 Å². The summed E-state index contributed by atoms with van der Waals surface area (Å²) in [7, 11) is 0. The molecule has 0 amide bonds. The number of fused-ring (bicyclic) bond motifs is 2. The summed E-state index contributed by atoms with van der Waals surface area (Å²) in [6.45, 7) is 5.87. The van der Waals surface area contributed by atoms with Gasteiger partial charge >= 0.3 is 0 Å². The van der Waals surface area contributed by atoms with Gasteiger partial charge in [0.05, 0.1) is 11.4 Å². The number of hydrogen-bond donors (Lipinski definition) is 1. The summed E-state index contributed by atoms with van der Waals surface area (Å²) in [6, 6.07) is 5.67. The second-order valence-corrected chi connectivity index (χ2v) is 7.60. The van der Waals surface area contributed by atoms with E-state index in [9.17, 15) is 0 Å². The van der Waals surface area contributed by atoms with Crippen LogP contribution in [0.3, 0.4) is 0 Å². The van der Waals surface area contributed by atoms with Gasteiger partial charge in [-0.25, -0.2) is 0 Å². The lowest BCUT2D eigenvalue weighted by molar-refractivity contribution is 0.596. The third kappa shape index (κ3) is 1.91. The molecule has 0 radical (unpaired) electrons. The van der Waals surface area contributed by atoms with Crippen molar-refractivity contribution < 1.29 is 0 Å². The van der Waals surface area contributed by atoms with Crippen molar-refractivity contribution in [3.8, 4) is 0 Å². The Morgan fingerprint density at radius 3 is 2.77 bits per heavy atom. The number of rotatable bonds is 1. The van der Waals surface area contributed by atoms with E-state index in [-0.39, 0.29) is 0 Å². The van der Waals surface area contributed by atoms with Crippen LogP contribution in [-0.4, -0.2) is 32.2 Å². The zero-order chi connectivity index (χ0) is 14.5. The Labute approximate surface area is 133 Å². The van der Waals surface area contributed by atoms with Gasteiger partial charge in [-0.1, -0.05) is 25.0 Å². The Morgan fingerprint density at radius 2 is 1.86 bits per heavy atom. The third-order valence-electron chi connectivity index (χ3n) is 6.35. The highest BCUT2D eigenvalue weighted by Gasteiger charge is 2.38. The van der Waals surface area contributed by atoms with Crippen LogP contribution in [0.1, 0.15) is 55.6 Å². The van der Waals surface area contributed by atoms with Gasteiger partial charge in [0.1, 0.15) is 0 Å². The average molecular weight is 297 g/mol. The van der Waals surface area contributed by atoms with Crippen molar-refractivity contribution >= 4 is 11.4 Å². The fourth-order valence-corrected chi connectivity index (χ4v) is 5.31. The zero-order valence-corrected chi connectivity index (χ0v) is 13.5. The molecule has 1 saturated heterocycles. The molecule has 5 rings (SSSR count). The van der Waals surface area contributed by atoms with E-state index in [0.29, 0.717) is 0 Å². The predicted molar refractivity (Wildman–Crippen MR) is 91.9 cm³/mol. The van der Waals surface area contributed by atoms with Crippen LogP contribution in [0, 0.1) is 0 Å². The standard InChI is InChI=1S/C19H27N3/c1-2-5-14(4-1)17-8-7-15-12-20-9-11-21-13-16-6-3-10-22(16)19(17)18(15)21/h7-8,14,16,20H,1-6,9-13H2. The number of hydrogen-bond acceptors (Lipinski definition) is 3. The highest BCUT2D eigenvalue weighted by molar-refractivity contribution is 5.82. The largest absolute Gasteiger partial charge is 0.366 e. The number of nitrogens with one attached hydrogen (secondary N) is 1. The molecule has 1 aromatic rings. The molecule has 1 N–H and O–H groups in total. The van der Waals surface area contributed by atoms with Gasteiger partial charge in [0.2, 0.25) is 0 Å². The zero-order valence-electron chi connectivity index (χ0n) is 13.5. The SMILES string of the molecule is c1cc(C2CCCC2)c2c3c1CNCCN3CC1CCCN21. The van der Waals surface area contributed by atoms with E-state index in [4.69, 9.17) is 0 Å². The first-order valence-corrected chi connectivity index (χ1v) is 9.30. The maximum atomic E-state index is 3.62. The Hall–Kier alpha value is -1.22. The highest BCUT2D eigenvalue weighted by atomic mass is 15.3. The second-order valence-electron chi connectivity index (χ2n) is 7.60. The normalized spacial score (nSPS) is 27.7. The molecule has 3 aliphatic heterocycles. The van der Waals surface area contributed by atoms with Crippen LogP contribution in [0.2, 0.25) is 0 Å². The van der Waals surface area contributed by atoms with Crippen LogP contribution >= 0.6 is 0 Å². The average Bonchev–Trinajstić information content (AvgIpc) is 3.18.